The number of hydrogen-bond donors (Lipinski definition) is 2. The minimum Gasteiger partial charge on any atom is -0.381 e. The summed E-state index contributed by atoms with van der Waals surface area (Å²) >= 11 is 0. The zero-order valence-corrected chi connectivity index (χ0v) is 21.5. The minimum atomic E-state index is 0.215. The van der Waals surface area contributed by atoms with Gasteiger partial charge < -0.3 is 10.2 Å². The molecule has 0 radical (unpaired) electrons. The minimum absolute atomic E-state index is 0.215. The predicted octanol–water partition coefficient (Wildman–Crippen LogP) is 5.78. The van der Waals surface area contributed by atoms with Crippen LogP contribution in [0.5, 0.6) is 0 Å². The first-order chi connectivity index (χ1) is 16.2. The van der Waals surface area contributed by atoms with Crippen LogP contribution >= 0.6 is 0 Å². The van der Waals surface area contributed by atoms with Gasteiger partial charge >= 0.3 is 0 Å². The molecular formula is C29H41N5. The molecule has 182 valence electrons. The normalized spacial score (nSPS) is 18.1. The zero-order valence-electron chi connectivity index (χ0n) is 21.5. The van der Waals surface area contributed by atoms with Gasteiger partial charge in [0.1, 0.15) is 0 Å². The lowest BCUT2D eigenvalue weighted by atomic mass is 9.95. The third-order valence-corrected chi connectivity index (χ3v) is 7.41. The SMILES string of the molecule is C=C(NC1CCN(C(C)(C)C)CC1)C(=N)c1cc(-c2cncc(N3CCCCC3)c2)ccc1C. The Kier molecular flexibility index (Phi) is 7.42. The Balaban J connectivity index is 1.46. The maximum Gasteiger partial charge on any atom is 0.0840 e. The van der Waals surface area contributed by atoms with Crippen LogP contribution < -0.4 is 10.2 Å². The number of rotatable bonds is 6. The first-order valence-electron chi connectivity index (χ1n) is 12.8. The van der Waals surface area contributed by atoms with Crippen LogP contribution in [0, 0.1) is 12.3 Å². The van der Waals surface area contributed by atoms with E-state index in [1.54, 1.807) is 0 Å². The number of benzene rings is 1. The van der Waals surface area contributed by atoms with Gasteiger partial charge in [-0.2, -0.15) is 0 Å². The Morgan fingerprint density at radius 3 is 2.38 bits per heavy atom. The highest BCUT2D eigenvalue weighted by Gasteiger charge is 2.27. The average molecular weight is 460 g/mol. The van der Waals surface area contributed by atoms with Crippen molar-refractivity contribution in [3.05, 3.63) is 60.1 Å². The Hall–Kier alpha value is -2.66. The molecule has 2 N–H and O–H groups in total. The van der Waals surface area contributed by atoms with Gasteiger partial charge in [-0.25, -0.2) is 0 Å². The van der Waals surface area contributed by atoms with E-state index in [0.717, 1.165) is 67.0 Å². The van der Waals surface area contributed by atoms with Crippen molar-refractivity contribution in [2.75, 3.05) is 31.1 Å². The number of likely N-dealkylation sites (tertiary alicyclic amines) is 1. The highest BCUT2D eigenvalue weighted by molar-refractivity contribution is 6.11. The number of aryl methyl sites for hydroxylation is 1. The Labute approximate surface area is 205 Å². The summed E-state index contributed by atoms with van der Waals surface area (Å²) in [5.41, 5.74) is 6.85. The van der Waals surface area contributed by atoms with E-state index in [1.807, 2.05) is 12.4 Å². The van der Waals surface area contributed by atoms with Crippen LogP contribution in [0.4, 0.5) is 5.69 Å². The summed E-state index contributed by atoms with van der Waals surface area (Å²) in [7, 11) is 0. The summed E-state index contributed by atoms with van der Waals surface area (Å²) in [4.78, 5) is 9.52. The fourth-order valence-electron chi connectivity index (χ4n) is 5.16. The third kappa shape index (κ3) is 5.69. The molecule has 0 aliphatic carbocycles. The lowest BCUT2D eigenvalue weighted by molar-refractivity contribution is 0.0986. The monoisotopic (exact) mass is 459 g/mol. The first-order valence-corrected chi connectivity index (χ1v) is 12.8. The van der Waals surface area contributed by atoms with Crippen LogP contribution in [0.1, 0.15) is 64.0 Å². The molecule has 3 heterocycles. The molecule has 0 atom stereocenters. The molecule has 5 nitrogen and oxygen atoms in total. The van der Waals surface area contributed by atoms with Crippen molar-refractivity contribution in [3.8, 4) is 11.1 Å². The van der Waals surface area contributed by atoms with Crippen molar-refractivity contribution < 1.29 is 0 Å². The molecule has 0 unspecified atom stereocenters. The number of aromatic nitrogens is 1. The molecule has 2 saturated heterocycles. The van der Waals surface area contributed by atoms with E-state index in [9.17, 15) is 0 Å². The maximum atomic E-state index is 8.90. The molecule has 2 fully saturated rings. The van der Waals surface area contributed by atoms with E-state index < -0.39 is 0 Å². The second-order valence-electron chi connectivity index (χ2n) is 10.9. The summed E-state index contributed by atoms with van der Waals surface area (Å²) in [6.45, 7) is 17.5. The summed E-state index contributed by atoms with van der Waals surface area (Å²) in [6.07, 6.45) is 9.89. The molecule has 2 aliphatic rings. The van der Waals surface area contributed by atoms with E-state index in [-0.39, 0.29) is 5.54 Å². The average Bonchev–Trinajstić information content (AvgIpc) is 2.84. The van der Waals surface area contributed by atoms with E-state index in [2.05, 4.69) is 78.6 Å². The van der Waals surface area contributed by atoms with E-state index in [1.165, 1.54) is 24.9 Å². The van der Waals surface area contributed by atoms with Crippen molar-refractivity contribution in [1.29, 1.82) is 5.41 Å². The van der Waals surface area contributed by atoms with Gasteiger partial charge in [0, 0.05) is 55.1 Å². The number of hydrogen-bond acceptors (Lipinski definition) is 5. The second kappa shape index (κ2) is 10.3. The maximum absolute atomic E-state index is 8.90. The van der Waals surface area contributed by atoms with Crippen LogP contribution in [0.3, 0.4) is 0 Å². The number of piperidine rings is 2. The van der Waals surface area contributed by atoms with Crippen LogP contribution in [-0.4, -0.2) is 53.4 Å². The van der Waals surface area contributed by atoms with Crippen LogP contribution in [0.25, 0.3) is 11.1 Å². The zero-order chi connectivity index (χ0) is 24.3. The van der Waals surface area contributed by atoms with Gasteiger partial charge in [-0.05, 0) is 83.1 Å². The van der Waals surface area contributed by atoms with Gasteiger partial charge in [0.15, 0.2) is 0 Å². The van der Waals surface area contributed by atoms with Crippen LogP contribution in [0.15, 0.2) is 48.9 Å². The van der Waals surface area contributed by atoms with Crippen molar-refractivity contribution >= 4 is 11.4 Å². The van der Waals surface area contributed by atoms with Gasteiger partial charge in [-0.1, -0.05) is 18.7 Å². The summed E-state index contributed by atoms with van der Waals surface area (Å²) in [5.74, 6) is 0. The van der Waals surface area contributed by atoms with Crippen LogP contribution in [0.2, 0.25) is 0 Å². The summed E-state index contributed by atoms with van der Waals surface area (Å²) in [5, 5.41) is 12.5. The molecule has 1 aromatic heterocycles. The van der Waals surface area contributed by atoms with E-state index in [4.69, 9.17) is 5.41 Å². The number of nitrogens with zero attached hydrogens (tertiary/aromatic N) is 3. The number of pyridine rings is 1. The van der Waals surface area contributed by atoms with E-state index >= 15 is 0 Å². The molecule has 1 aromatic carbocycles. The van der Waals surface area contributed by atoms with E-state index in [0.29, 0.717) is 11.8 Å². The number of allylic oxidation sites excluding steroid dienone is 1. The molecule has 2 aromatic rings. The standard InChI is InChI=1S/C29H41N5/c1-21-9-10-23(24-17-26(20-31-19-24)33-13-7-6-8-14-33)18-27(21)28(30)22(2)32-25-11-15-34(16-12-25)29(3,4)5/h9-10,17-20,25,30,32H,2,6-8,11-16H2,1,3-5H3. The second-order valence-corrected chi connectivity index (χ2v) is 10.9. The highest BCUT2D eigenvalue weighted by Crippen LogP contribution is 2.28. The fourth-order valence-corrected chi connectivity index (χ4v) is 5.16. The molecule has 0 saturated carbocycles. The predicted molar refractivity (Wildman–Crippen MR) is 144 cm³/mol. The number of nitrogens with one attached hydrogen (secondary N) is 2. The molecule has 0 amide bonds. The van der Waals surface area contributed by atoms with Crippen LogP contribution in [-0.2, 0) is 0 Å². The number of anilines is 1. The Morgan fingerprint density at radius 1 is 1.00 bits per heavy atom. The lowest BCUT2D eigenvalue weighted by Gasteiger charge is -2.41. The van der Waals surface area contributed by atoms with Gasteiger partial charge in [0.05, 0.1) is 23.3 Å². The quantitative estimate of drug-likeness (QED) is 0.538. The van der Waals surface area contributed by atoms with Gasteiger partial charge in [-0.15, -0.1) is 0 Å². The largest absolute Gasteiger partial charge is 0.381 e. The molecule has 2 aliphatic heterocycles. The molecule has 0 spiro atoms. The first kappa shape index (κ1) is 24.5. The van der Waals surface area contributed by atoms with Gasteiger partial charge in [0.25, 0.3) is 0 Å². The van der Waals surface area contributed by atoms with Crippen molar-refractivity contribution in [2.24, 2.45) is 0 Å². The Morgan fingerprint density at radius 2 is 1.71 bits per heavy atom. The molecule has 34 heavy (non-hydrogen) atoms. The smallest absolute Gasteiger partial charge is 0.0840 e. The molecule has 5 heteroatoms. The van der Waals surface area contributed by atoms with Gasteiger partial charge in [0.2, 0.25) is 0 Å². The molecular weight excluding hydrogens is 418 g/mol. The summed E-state index contributed by atoms with van der Waals surface area (Å²) in [6, 6.07) is 9.00. The van der Waals surface area contributed by atoms with Gasteiger partial charge in [-0.3, -0.25) is 15.3 Å². The topological polar surface area (TPSA) is 55.3 Å². The Bertz CT molecular complexity index is 1020. The van der Waals surface area contributed by atoms with Crippen molar-refractivity contribution in [2.45, 2.75) is 71.4 Å². The summed E-state index contributed by atoms with van der Waals surface area (Å²) < 4.78 is 0. The fraction of sp³-hybridized carbons (Fsp3) is 0.517. The molecule has 4 rings (SSSR count). The van der Waals surface area contributed by atoms with Crippen molar-refractivity contribution in [3.63, 3.8) is 0 Å². The molecule has 0 bridgehead atoms. The lowest BCUT2D eigenvalue weighted by Crippen LogP contribution is -2.50. The third-order valence-electron chi connectivity index (χ3n) is 7.41. The van der Waals surface area contributed by atoms with Crippen molar-refractivity contribution in [1.82, 2.24) is 15.2 Å². The highest BCUT2D eigenvalue weighted by atomic mass is 15.2.